The zero-order chi connectivity index (χ0) is 16.8. The number of aromatic nitrogens is 2. The largest absolute Gasteiger partial charge is 0.481 e. The average molecular weight is 341 g/mol. The van der Waals surface area contributed by atoms with Crippen molar-refractivity contribution >= 4 is 17.2 Å². The lowest BCUT2D eigenvalue weighted by atomic mass is 10.2. The number of carbonyl (C=O) groups excluding carboxylic acids is 1. The van der Waals surface area contributed by atoms with Crippen LogP contribution < -0.4 is 10.1 Å². The van der Waals surface area contributed by atoms with Gasteiger partial charge < -0.3 is 10.1 Å². The lowest BCUT2D eigenvalue weighted by Gasteiger charge is -2.14. The van der Waals surface area contributed by atoms with Crippen molar-refractivity contribution in [2.75, 3.05) is 6.54 Å². The SMILES string of the molecule is C[C@@H](Oc1ccccc1)C(=O)NCCn1ccc(-c2ccsc2)n1. The summed E-state index contributed by atoms with van der Waals surface area (Å²) in [6.45, 7) is 2.87. The number of nitrogens with one attached hydrogen (secondary N) is 1. The molecule has 0 fully saturated rings. The van der Waals surface area contributed by atoms with E-state index in [-0.39, 0.29) is 5.91 Å². The van der Waals surface area contributed by atoms with Crippen LogP contribution in [0.5, 0.6) is 5.75 Å². The number of benzene rings is 1. The fourth-order valence-corrected chi connectivity index (χ4v) is 2.89. The first-order valence-corrected chi connectivity index (χ1v) is 8.72. The van der Waals surface area contributed by atoms with Gasteiger partial charge in [-0.05, 0) is 36.6 Å². The molecule has 0 radical (unpaired) electrons. The molecule has 0 aliphatic carbocycles. The molecular formula is C18H19N3O2S. The fourth-order valence-electron chi connectivity index (χ4n) is 2.24. The van der Waals surface area contributed by atoms with Crippen molar-refractivity contribution in [1.29, 1.82) is 0 Å². The average Bonchev–Trinajstić information content (AvgIpc) is 3.27. The van der Waals surface area contributed by atoms with Crippen molar-refractivity contribution in [3.05, 3.63) is 59.4 Å². The molecule has 0 saturated heterocycles. The number of amides is 1. The summed E-state index contributed by atoms with van der Waals surface area (Å²) in [5, 5.41) is 11.5. The molecule has 3 rings (SSSR count). The second kappa shape index (κ2) is 7.79. The number of thiophene rings is 1. The minimum absolute atomic E-state index is 0.135. The number of para-hydroxylation sites is 1. The molecule has 0 unspecified atom stereocenters. The first-order chi connectivity index (χ1) is 11.7. The highest BCUT2D eigenvalue weighted by atomic mass is 32.1. The van der Waals surface area contributed by atoms with Crippen LogP contribution in [-0.2, 0) is 11.3 Å². The highest BCUT2D eigenvalue weighted by molar-refractivity contribution is 7.08. The van der Waals surface area contributed by atoms with Crippen molar-refractivity contribution in [2.45, 2.75) is 19.6 Å². The van der Waals surface area contributed by atoms with Crippen LogP contribution in [0.1, 0.15) is 6.92 Å². The van der Waals surface area contributed by atoms with E-state index in [0.717, 1.165) is 11.3 Å². The van der Waals surface area contributed by atoms with Gasteiger partial charge in [0.2, 0.25) is 0 Å². The normalized spacial score (nSPS) is 11.9. The van der Waals surface area contributed by atoms with E-state index in [2.05, 4.69) is 15.8 Å². The molecule has 2 heterocycles. The summed E-state index contributed by atoms with van der Waals surface area (Å²) in [6.07, 6.45) is 1.38. The van der Waals surface area contributed by atoms with Gasteiger partial charge in [-0.1, -0.05) is 18.2 Å². The second-order valence-corrected chi connectivity index (χ2v) is 6.12. The summed E-state index contributed by atoms with van der Waals surface area (Å²) in [5.41, 5.74) is 2.07. The van der Waals surface area contributed by atoms with E-state index >= 15 is 0 Å². The first kappa shape index (κ1) is 16.3. The van der Waals surface area contributed by atoms with Gasteiger partial charge >= 0.3 is 0 Å². The Labute approximate surface area is 144 Å². The van der Waals surface area contributed by atoms with Crippen molar-refractivity contribution in [3.8, 4) is 17.0 Å². The van der Waals surface area contributed by atoms with Crippen molar-refractivity contribution in [1.82, 2.24) is 15.1 Å². The minimum atomic E-state index is -0.536. The molecule has 0 aliphatic rings. The molecule has 6 heteroatoms. The molecule has 0 aliphatic heterocycles. The molecule has 24 heavy (non-hydrogen) atoms. The van der Waals surface area contributed by atoms with Gasteiger partial charge in [0.25, 0.3) is 5.91 Å². The lowest BCUT2D eigenvalue weighted by molar-refractivity contribution is -0.127. The summed E-state index contributed by atoms with van der Waals surface area (Å²) < 4.78 is 7.43. The van der Waals surface area contributed by atoms with Crippen LogP contribution in [0.3, 0.4) is 0 Å². The smallest absolute Gasteiger partial charge is 0.260 e. The number of carbonyl (C=O) groups is 1. The Bertz CT molecular complexity index is 769. The van der Waals surface area contributed by atoms with E-state index in [4.69, 9.17) is 4.74 Å². The number of ether oxygens (including phenoxy) is 1. The molecule has 1 atom stereocenters. The molecule has 1 N–H and O–H groups in total. The Hall–Kier alpha value is -2.60. The molecule has 0 bridgehead atoms. The quantitative estimate of drug-likeness (QED) is 0.718. The number of nitrogens with zero attached hydrogens (tertiary/aromatic N) is 2. The van der Waals surface area contributed by atoms with Gasteiger partial charge in [-0.2, -0.15) is 16.4 Å². The van der Waals surface area contributed by atoms with Gasteiger partial charge in [-0.3, -0.25) is 9.48 Å². The zero-order valence-corrected chi connectivity index (χ0v) is 14.2. The van der Waals surface area contributed by atoms with E-state index in [1.807, 2.05) is 58.7 Å². The predicted molar refractivity (Wildman–Crippen MR) is 95.1 cm³/mol. The highest BCUT2D eigenvalue weighted by Gasteiger charge is 2.13. The van der Waals surface area contributed by atoms with Crippen LogP contribution in [-0.4, -0.2) is 28.3 Å². The van der Waals surface area contributed by atoms with E-state index in [1.165, 1.54) is 0 Å². The van der Waals surface area contributed by atoms with Crippen LogP contribution in [0, 0.1) is 0 Å². The van der Waals surface area contributed by atoms with Gasteiger partial charge in [0.05, 0.1) is 12.2 Å². The molecular weight excluding hydrogens is 322 g/mol. The molecule has 5 nitrogen and oxygen atoms in total. The van der Waals surface area contributed by atoms with Crippen molar-refractivity contribution < 1.29 is 9.53 Å². The highest BCUT2D eigenvalue weighted by Crippen LogP contribution is 2.19. The van der Waals surface area contributed by atoms with Crippen LogP contribution in [0.15, 0.2) is 59.4 Å². The van der Waals surface area contributed by atoms with Crippen molar-refractivity contribution in [2.24, 2.45) is 0 Å². The molecule has 0 saturated carbocycles. The zero-order valence-electron chi connectivity index (χ0n) is 13.4. The van der Waals surface area contributed by atoms with Gasteiger partial charge in [0.15, 0.2) is 6.10 Å². The molecule has 124 valence electrons. The maximum atomic E-state index is 12.1. The summed E-state index contributed by atoms with van der Waals surface area (Å²) >= 11 is 1.65. The second-order valence-electron chi connectivity index (χ2n) is 5.34. The summed E-state index contributed by atoms with van der Waals surface area (Å²) in [5.74, 6) is 0.552. The third-order valence-electron chi connectivity index (χ3n) is 3.52. The monoisotopic (exact) mass is 341 g/mol. The van der Waals surface area contributed by atoms with Crippen LogP contribution in [0.4, 0.5) is 0 Å². The maximum absolute atomic E-state index is 12.1. The van der Waals surface area contributed by atoms with Gasteiger partial charge in [-0.25, -0.2) is 0 Å². The van der Waals surface area contributed by atoms with Crippen LogP contribution in [0.2, 0.25) is 0 Å². The van der Waals surface area contributed by atoms with Gasteiger partial charge in [-0.15, -0.1) is 0 Å². The predicted octanol–water partition coefficient (Wildman–Crippen LogP) is 3.20. The summed E-state index contributed by atoms with van der Waals surface area (Å²) in [4.78, 5) is 12.1. The Morgan fingerprint density at radius 1 is 1.29 bits per heavy atom. The third kappa shape index (κ3) is 4.23. The summed E-state index contributed by atoms with van der Waals surface area (Å²) in [7, 11) is 0. The van der Waals surface area contributed by atoms with Crippen LogP contribution >= 0.6 is 11.3 Å². The first-order valence-electron chi connectivity index (χ1n) is 7.78. The summed E-state index contributed by atoms with van der Waals surface area (Å²) in [6, 6.07) is 13.4. The maximum Gasteiger partial charge on any atom is 0.260 e. The van der Waals surface area contributed by atoms with E-state index in [1.54, 1.807) is 18.3 Å². The Morgan fingerprint density at radius 3 is 2.88 bits per heavy atom. The van der Waals surface area contributed by atoms with Crippen molar-refractivity contribution in [3.63, 3.8) is 0 Å². The minimum Gasteiger partial charge on any atom is -0.481 e. The molecule has 0 spiro atoms. The molecule has 1 amide bonds. The number of hydrogen-bond acceptors (Lipinski definition) is 4. The third-order valence-corrected chi connectivity index (χ3v) is 4.21. The van der Waals surface area contributed by atoms with Gasteiger partial charge in [0, 0.05) is 23.7 Å². The number of hydrogen-bond donors (Lipinski definition) is 1. The Morgan fingerprint density at radius 2 is 2.12 bits per heavy atom. The van der Waals surface area contributed by atoms with E-state index < -0.39 is 6.10 Å². The standard InChI is InChI=1S/C18H19N3O2S/c1-14(23-16-5-3-2-4-6-16)18(22)19-9-11-21-10-7-17(20-21)15-8-12-24-13-15/h2-8,10,12-14H,9,11H2,1H3,(H,19,22)/t14-/m1/s1. The molecule has 1 aromatic carbocycles. The van der Waals surface area contributed by atoms with E-state index in [9.17, 15) is 4.79 Å². The Balaban J connectivity index is 1.45. The molecule has 2 aromatic heterocycles. The lowest BCUT2D eigenvalue weighted by Crippen LogP contribution is -2.37. The Kier molecular flexibility index (Phi) is 5.28. The van der Waals surface area contributed by atoms with E-state index in [0.29, 0.717) is 18.8 Å². The van der Waals surface area contributed by atoms with Gasteiger partial charge in [0.1, 0.15) is 5.75 Å². The molecule has 3 aromatic rings. The topological polar surface area (TPSA) is 56.1 Å². The fraction of sp³-hybridized carbons (Fsp3) is 0.222. The number of rotatable bonds is 7. The van der Waals surface area contributed by atoms with Crippen LogP contribution in [0.25, 0.3) is 11.3 Å².